The van der Waals surface area contributed by atoms with E-state index in [0.29, 0.717) is 0 Å². The third-order valence-corrected chi connectivity index (χ3v) is 2.75. The lowest BCUT2D eigenvalue weighted by Gasteiger charge is -2.09. The highest BCUT2D eigenvalue weighted by atomic mass is 19.3. The molecule has 0 bridgehead atoms. The van der Waals surface area contributed by atoms with Gasteiger partial charge in [0, 0.05) is 6.42 Å². The molecule has 2 nitrogen and oxygen atoms in total. The Labute approximate surface area is 118 Å². The molecule has 0 radical (unpaired) electrons. The Morgan fingerprint density at radius 3 is 2.43 bits per heavy atom. The second-order valence-electron chi connectivity index (χ2n) is 4.22. The number of hydrogen-bond acceptors (Lipinski definition) is 2. The molecule has 0 amide bonds. The summed E-state index contributed by atoms with van der Waals surface area (Å²) < 4.78 is 54.7. The van der Waals surface area contributed by atoms with Crippen molar-refractivity contribution in [2.75, 3.05) is 0 Å². The maximum absolute atomic E-state index is 13.1. The molecule has 0 heterocycles. The number of rotatable bonds is 5. The number of carbonyl (C=O) groups excluding carboxylic acids is 1. The molecule has 0 aliphatic heterocycles. The standard InChI is InChI=1S/C15H10F4O2/c16-11-6-5-9(7-12(11)17)8-13(20)10-3-1-2-4-14(10)21-15(18)19/h1-7,15H,8H2. The fraction of sp³-hybridized carbons (Fsp3) is 0.133. The average molecular weight is 298 g/mol. The Bertz CT molecular complexity index is 656. The zero-order valence-electron chi connectivity index (χ0n) is 10.7. The van der Waals surface area contributed by atoms with E-state index >= 15 is 0 Å². The molecule has 2 rings (SSSR count). The lowest BCUT2D eigenvalue weighted by atomic mass is 10.0. The molecule has 0 aromatic heterocycles. The van der Waals surface area contributed by atoms with Crippen molar-refractivity contribution in [2.45, 2.75) is 13.0 Å². The van der Waals surface area contributed by atoms with Crippen molar-refractivity contribution in [3.8, 4) is 5.75 Å². The van der Waals surface area contributed by atoms with Gasteiger partial charge in [0.05, 0.1) is 5.56 Å². The Hall–Kier alpha value is -2.37. The minimum atomic E-state index is -3.05. The number of benzene rings is 2. The van der Waals surface area contributed by atoms with Crippen LogP contribution in [0.3, 0.4) is 0 Å². The monoisotopic (exact) mass is 298 g/mol. The van der Waals surface area contributed by atoms with Crippen LogP contribution < -0.4 is 4.74 Å². The summed E-state index contributed by atoms with van der Waals surface area (Å²) in [7, 11) is 0. The molecule has 0 fully saturated rings. The first kappa shape index (κ1) is 15.0. The minimum Gasteiger partial charge on any atom is -0.434 e. The van der Waals surface area contributed by atoms with E-state index in [9.17, 15) is 22.4 Å². The summed E-state index contributed by atoms with van der Waals surface area (Å²) in [5.41, 5.74) is 0.202. The molecule has 110 valence electrons. The number of para-hydroxylation sites is 1. The second-order valence-corrected chi connectivity index (χ2v) is 4.22. The first-order chi connectivity index (χ1) is 9.97. The van der Waals surface area contributed by atoms with E-state index in [-0.39, 0.29) is 23.3 Å². The van der Waals surface area contributed by atoms with Crippen molar-refractivity contribution in [3.63, 3.8) is 0 Å². The van der Waals surface area contributed by atoms with Crippen LogP contribution >= 0.6 is 0 Å². The number of carbonyl (C=O) groups is 1. The van der Waals surface area contributed by atoms with Crippen molar-refractivity contribution in [2.24, 2.45) is 0 Å². The number of hydrogen-bond donors (Lipinski definition) is 0. The lowest BCUT2D eigenvalue weighted by molar-refractivity contribution is -0.0501. The van der Waals surface area contributed by atoms with E-state index in [1.54, 1.807) is 0 Å². The SMILES string of the molecule is O=C(Cc1ccc(F)c(F)c1)c1ccccc1OC(F)F. The van der Waals surface area contributed by atoms with E-state index < -0.39 is 24.0 Å². The van der Waals surface area contributed by atoms with Gasteiger partial charge in [-0.25, -0.2) is 8.78 Å². The second kappa shape index (κ2) is 6.39. The minimum absolute atomic E-state index is 0.0393. The third-order valence-electron chi connectivity index (χ3n) is 2.75. The van der Waals surface area contributed by atoms with Crippen LogP contribution in [0.1, 0.15) is 15.9 Å². The summed E-state index contributed by atoms with van der Waals surface area (Å²) in [5, 5.41) is 0. The molecule has 2 aromatic rings. The predicted octanol–water partition coefficient (Wildman–Crippen LogP) is 3.99. The summed E-state index contributed by atoms with van der Waals surface area (Å²) in [5.74, 6) is -2.87. The van der Waals surface area contributed by atoms with Gasteiger partial charge >= 0.3 is 6.61 Å². The largest absolute Gasteiger partial charge is 0.434 e. The molecule has 0 spiro atoms. The Kier molecular flexibility index (Phi) is 4.57. The Morgan fingerprint density at radius 2 is 1.76 bits per heavy atom. The maximum Gasteiger partial charge on any atom is 0.387 e. The fourth-order valence-corrected chi connectivity index (χ4v) is 1.83. The van der Waals surface area contributed by atoms with Crippen LogP contribution in [-0.4, -0.2) is 12.4 Å². The summed E-state index contributed by atoms with van der Waals surface area (Å²) in [6, 6.07) is 8.57. The average Bonchev–Trinajstić information content (AvgIpc) is 2.43. The van der Waals surface area contributed by atoms with Gasteiger partial charge < -0.3 is 4.74 Å². The highest BCUT2D eigenvalue weighted by Crippen LogP contribution is 2.22. The van der Waals surface area contributed by atoms with Gasteiger partial charge in [-0.15, -0.1) is 0 Å². The first-order valence-corrected chi connectivity index (χ1v) is 5.98. The smallest absolute Gasteiger partial charge is 0.387 e. The quantitative estimate of drug-likeness (QED) is 0.616. The van der Waals surface area contributed by atoms with E-state index in [1.807, 2.05) is 0 Å². The summed E-state index contributed by atoms with van der Waals surface area (Å²) in [6.45, 7) is -3.05. The normalized spacial score (nSPS) is 10.7. The molecule has 21 heavy (non-hydrogen) atoms. The molecular formula is C15H10F4O2. The summed E-state index contributed by atoms with van der Waals surface area (Å²) in [4.78, 5) is 12.1. The maximum atomic E-state index is 13.1. The molecule has 0 unspecified atom stereocenters. The summed E-state index contributed by atoms with van der Waals surface area (Å²) >= 11 is 0. The van der Waals surface area contributed by atoms with Gasteiger partial charge in [0.15, 0.2) is 17.4 Å². The van der Waals surface area contributed by atoms with Gasteiger partial charge in [-0.2, -0.15) is 8.78 Å². The Morgan fingerprint density at radius 1 is 1.05 bits per heavy atom. The van der Waals surface area contributed by atoms with Crippen molar-refractivity contribution < 1.29 is 27.1 Å². The zero-order chi connectivity index (χ0) is 15.4. The number of halogens is 4. The van der Waals surface area contributed by atoms with Crippen LogP contribution in [0.2, 0.25) is 0 Å². The highest BCUT2D eigenvalue weighted by Gasteiger charge is 2.16. The van der Waals surface area contributed by atoms with Crippen molar-refractivity contribution in [1.29, 1.82) is 0 Å². The Balaban J connectivity index is 2.22. The van der Waals surface area contributed by atoms with Crippen LogP contribution in [0.25, 0.3) is 0 Å². The van der Waals surface area contributed by atoms with Gasteiger partial charge in [0.25, 0.3) is 0 Å². The molecule has 0 saturated heterocycles. The van der Waals surface area contributed by atoms with Crippen molar-refractivity contribution in [1.82, 2.24) is 0 Å². The predicted molar refractivity (Wildman–Crippen MR) is 67.5 cm³/mol. The van der Waals surface area contributed by atoms with Crippen LogP contribution in [-0.2, 0) is 6.42 Å². The van der Waals surface area contributed by atoms with E-state index in [0.717, 1.165) is 12.1 Å². The number of Topliss-reactive ketones (excluding diaryl/α,β-unsaturated/α-hetero) is 1. The number of ether oxygens (including phenoxy) is 1. The van der Waals surface area contributed by atoms with E-state index in [1.165, 1.54) is 30.3 Å². The van der Waals surface area contributed by atoms with Crippen molar-refractivity contribution >= 4 is 5.78 Å². The van der Waals surface area contributed by atoms with Gasteiger partial charge in [-0.05, 0) is 29.8 Å². The first-order valence-electron chi connectivity index (χ1n) is 5.98. The highest BCUT2D eigenvalue weighted by molar-refractivity contribution is 5.99. The molecule has 0 saturated carbocycles. The summed E-state index contributed by atoms with van der Waals surface area (Å²) in [6.07, 6.45) is -0.249. The van der Waals surface area contributed by atoms with Gasteiger partial charge in [0.1, 0.15) is 5.75 Å². The molecular weight excluding hydrogens is 288 g/mol. The lowest BCUT2D eigenvalue weighted by Crippen LogP contribution is -2.10. The van der Waals surface area contributed by atoms with E-state index in [2.05, 4.69) is 4.74 Å². The van der Waals surface area contributed by atoms with Gasteiger partial charge in [-0.1, -0.05) is 18.2 Å². The molecule has 0 atom stereocenters. The molecule has 2 aromatic carbocycles. The van der Waals surface area contributed by atoms with Crippen LogP contribution in [0, 0.1) is 11.6 Å². The topological polar surface area (TPSA) is 26.3 Å². The van der Waals surface area contributed by atoms with Crippen LogP contribution in [0.15, 0.2) is 42.5 Å². The van der Waals surface area contributed by atoms with Crippen molar-refractivity contribution in [3.05, 3.63) is 65.2 Å². The number of ketones is 1. The van der Waals surface area contributed by atoms with E-state index in [4.69, 9.17) is 0 Å². The van der Waals surface area contributed by atoms with Gasteiger partial charge in [0.2, 0.25) is 0 Å². The third kappa shape index (κ3) is 3.81. The van der Waals surface area contributed by atoms with Crippen LogP contribution in [0.4, 0.5) is 17.6 Å². The van der Waals surface area contributed by atoms with Crippen LogP contribution in [0.5, 0.6) is 5.75 Å². The fourth-order valence-electron chi connectivity index (χ4n) is 1.83. The molecule has 0 aliphatic carbocycles. The number of alkyl halides is 2. The zero-order valence-corrected chi connectivity index (χ0v) is 10.7. The van der Waals surface area contributed by atoms with Gasteiger partial charge in [-0.3, -0.25) is 4.79 Å². The molecule has 6 heteroatoms. The molecule has 0 aliphatic rings. The molecule has 0 N–H and O–H groups in total.